The highest BCUT2D eigenvalue weighted by atomic mass is 32.2. The topological polar surface area (TPSA) is 29.5 Å². The van der Waals surface area contributed by atoms with E-state index < -0.39 is 11.0 Å². The van der Waals surface area contributed by atoms with Crippen molar-refractivity contribution >= 4 is 11.0 Å². The summed E-state index contributed by atoms with van der Waals surface area (Å²) >= 11 is 0. The van der Waals surface area contributed by atoms with Gasteiger partial charge in [-0.15, -0.1) is 0 Å². The average molecular weight is 161 g/mol. The van der Waals surface area contributed by atoms with Crippen LogP contribution in [0.4, 0.5) is 0 Å². The molecule has 1 rings (SSSR count). The fourth-order valence-corrected chi connectivity index (χ4v) is 1.71. The summed E-state index contributed by atoms with van der Waals surface area (Å²) in [5.41, 5.74) is 0. The molecule has 0 aromatic carbocycles. The number of rotatable bonds is 3. The molecule has 0 N–H and O–H groups in total. The molecule has 0 saturated heterocycles. The maximum absolute atomic E-state index is 11.0. The van der Waals surface area contributed by atoms with Crippen LogP contribution in [0.5, 0.6) is 0 Å². The van der Waals surface area contributed by atoms with Crippen LogP contribution in [0.15, 0.2) is 12.3 Å². The van der Waals surface area contributed by atoms with Crippen molar-refractivity contribution in [1.82, 2.24) is 4.31 Å². The van der Waals surface area contributed by atoms with Crippen molar-refractivity contribution in [2.45, 2.75) is 0 Å². The third-order valence-corrected chi connectivity index (χ3v) is 2.59. The number of methoxy groups -OCH3 is 1. The van der Waals surface area contributed by atoms with Gasteiger partial charge in [0.25, 0.3) is 0 Å². The van der Waals surface area contributed by atoms with Gasteiger partial charge in [0.15, 0.2) is 0 Å². The summed E-state index contributed by atoms with van der Waals surface area (Å²) in [6.07, 6.45) is 3.76. The lowest BCUT2D eigenvalue weighted by atomic mass is 10.6. The van der Waals surface area contributed by atoms with Gasteiger partial charge in [-0.3, -0.25) is 4.31 Å². The Morgan fingerprint density at radius 1 is 1.80 bits per heavy atom. The minimum Gasteiger partial charge on any atom is -0.383 e. The van der Waals surface area contributed by atoms with Gasteiger partial charge < -0.3 is 4.74 Å². The normalized spacial score (nSPS) is 24.1. The molecule has 10 heavy (non-hydrogen) atoms. The van der Waals surface area contributed by atoms with E-state index >= 15 is 0 Å². The molecule has 1 unspecified atom stereocenters. The highest BCUT2D eigenvalue weighted by Crippen LogP contribution is 2.04. The standard InChI is InChI=1S/C6H11NO2S/c1-9-5-4-7-3-2-6-10(7)8/h2-3H,4-6H2,1H3. The van der Waals surface area contributed by atoms with Crippen LogP contribution < -0.4 is 0 Å². The van der Waals surface area contributed by atoms with Gasteiger partial charge in [-0.2, -0.15) is 0 Å². The van der Waals surface area contributed by atoms with Crippen LogP contribution >= 0.6 is 0 Å². The molecular weight excluding hydrogens is 150 g/mol. The lowest BCUT2D eigenvalue weighted by Crippen LogP contribution is -2.21. The van der Waals surface area contributed by atoms with Crippen LogP contribution in [0.1, 0.15) is 0 Å². The number of hydrogen-bond donors (Lipinski definition) is 0. The van der Waals surface area contributed by atoms with Gasteiger partial charge in [0.2, 0.25) is 0 Å². The van der Waals surface area contributed by atoms with Gasteiger partial charge in [-0.05, 0) is 0 Å². The predicted molar refractivity (Wildman–Crippen MR) is 40.7 cm³/mol. The van der Waals surface area contributed by atoms with Gasteiger partial charge in [-0.25, -0.2) is 4.21 Å². The summed E-state index contributed by atoms with van der Waals surface area (Å²) in [7, 11) is 0.822. The van der Waals surface area contributed by atoms with Crippen LogP contribution in [-0.2, 0) is 15.7 Å². The van der Waals surface area contributed by atoms with Crippen molar-refractivity contribution in [1.29, 1.82) is 0 Å². The van der Waals surface area contributed by atoms with Crippen LogP contribution in [0.25, 0.3) is 0 Å². The van der Waals surface area contributed by atoms with E-state index in [-0.39, 0.29) is 0 Å². The monoisotopic (exact) mass is 161 g/mol. The van der Waals surface area contributed by atoms with E-state index in [0.717, 1.165) is 6.54 Å². The molecule has 4 heteroatoms. The molecule has 1 aliphatic rings. The smallest absolute Gasteiger partial charge is 0.123 e. The molecule has 1 atom stereocenters. The molecule has 3 nitrogen and oxygen atoms in total. The molecule has 0 radical (unpaired) electrons. The van der Waals surface area contributed by atoms with Gasteiger partial charge in [0, 0.05) is 13.3 Å². The summed E-state index contributed by atoms with van der Waals surface area (Å²) < 4.78 is 17.6. The van der Waals surface area contributed by atoms with Crippen LogP contribution in [-0.4, -0.2) is 34.5 Å². The van der Waals surface area contributed by atoms with E-state index in [2.05, 4.69) is 0 Å². The molecule has 0 aromatic rings. The first-order valence-electron chi connectivity index (χ1n) is 3.15. The largest absolute Gasteiger partial charge is 0.383 e. The average Bonchev–Trinajstić information content (AvgIpc) is 2.31. The first-order valence-corrected chi connectivity index (χ1v) is 4.43. The summed E-state index contributed by atoms with van der Waals surface area (Å²) in [5.74, 6) is 0.656. The Balaban J connectivity index is 2.27. The summed E-state index contributed by atoms with van der Waals surface area (Å²) in [6, 6.07) is 0. The quantitative estimate of drug-likeness (QED) is 0.588. The molecule has 0 bridgehead atoms. The molecule has 58 valence electrons. The fourth-order valence-electron chi connectivity index (χ4n) is 0.764. The zero-order chi connectivity index (χ0) is 7.40. The first kappa shape index (κ1) is 7.75. The van der Waals surface area contributed by atoms with E-state index in [1.807, 2.05) is 12.3 Å². The third kappa shape index (κ3) is 1.82. The predicted octanol–water partition coefficient (Wildman–Crippen LogP) is 0.126. The SMILES string of the molecule is COCCN1C=CCS1=O. The van der Waals surface area contributed by atoms with Crippen LogP contribution in [0.2, 0.25) is 0 Å². The Morgan fingerprint density at radius 2 is 2.60 bits per heavy atom. The van der Waals surface area contributed by atoms with Gasteiger partial charge >= 0.3 is 0 Å². The maximum Gasteiger partial charge on any atom is 0.123 e. The number of nitrogens with zero attached hydrogens (tertiary/aromatic N) is 1. The molecule has 0 aliphatic carbocycles. The van der Waals surface area contributed by atoms with E-state index in [4.69, 9.17) is 4.74 Å². The van der Waals surface area contributed by atoms with E-state index in [1.165, 1.54) is 0 Å². The summed E-state index contributed by atoms with van der Waals surface area (Å²) in [6.45, 7) is 1.36. The highest BCUT2D eigenvalue weighted by molar-refractivity contribution is 7.83. The molecule has 1 heterocycles. The Labute approximate surface area is 63.3 Å². The lowest BCUT2D eigenvalue weighted by molar-refractivity contribution is 0.190. The van der Waals surface area contributed by atoms with Crippen LogP contribution in [0, 0.1) is 0 Å². The maximum atomic E-state index is 11.0. The minimum atomic E-state index is -0.820. The Kier molecular flexibility index (Phi) is 2.89. The zero-order valence-corrected chi connectivity index (χ0v) is 6.76. The van der Waals surface area contributed by atoms with Crippen molar-refractivity contribution in [3.63, 3.8) is 0 Å². The van der Waals surface area contributed by atoms with E-state index in [0.29, 0.717) is 12.4 Å². The number of ether oxygens (including phenoxy) is 1. The van der Waals surface area contributed by atoms with Crippen LogP contribution in [0.3, 0.4) is 0 Å². The van der Waals surface area contributed by atoms with Crippen molar-refractivity contribution in [3.05, 3.63) is 12.3 Å². The van der Waals surface area contributed by atoms with Gasteiger partial charge in [0.05, 0.1) is 18.9 Å². The second kappa shape index (κ2) is 3.73. The summed E-state index contributed by atoms with van der Waals surface area (Å²) in [4.78, 5) is 0. The highest BCUT2D eigenvalue weighted by Gasteiger charge is 2.11. The van der Waals surface area contributed by atoms with E-state index in [9.17, 15) is 4.21 Å². The van der Waals surface area contributed by atoms with Crippen molar-refractivity contribution in [2.24, 2.45) is 0 Å². The Bertz CT molecular complexity index is 158. The Hall–Kier alpha value is -0.350. The molecule has 0 amide bonds. The lowest BCUT2D eigenvalue weighted by Gasteiger charge is -2.12. The van der Waals surface area contributed by atoms with E-state index in [1.54, 1.807) is 11.4 Å². The first-order chi connectivity index (χ1) is 4.84. The minimum absolute atomic E-state index is 0.635. The van der Waals surface area contributed by atoms with Crippen molar-refractivity contribution < 1.29 is 8.95 Å². The zero-order valence-electron chi connectivity index (χ0n) is 5.95. The van der Waals surface area contributed by atoms with Gasteiger partial charge in [-0.1, -0.05) is 6.08 Å². The van der Waals surface area contributed by atoms with Crippen molar-refractivity contribution in [3.8, 4) is 0 Å². The van der Waals surface area contributed by atoms with Gasteiger partial charge in [0.1, 0.15) is 11.0 Å². The number of hydrogen-bond acceptors (Lipinski definition) is 2. The molecule has 0 spiro atoms. The molecule has 0 aromatic heterocycles. The fraction of sp³-hybridized carbons (Fsp3) is 0.667. The molecule has 0 saturated carbocycles. The van der Waals surface area contributed by atoms with Crippen molar-refractivity contribution in [2.75, 3.05) is 26.0 Å². The second-order valence-corrected chi connectivity index (χ2v) is 3.45. The third-order valence-electron chi connectivity index (χ3n) is 1.29. The Morgan fingerprint density at radius 3 is 3.10 bits per heavy atom. The molecular formula is C6H11NO2S. The summed E-state index contributed by atoms with van der Waals surface area (Å²) in [5, 5.41) is 0. The molecule has 1 aliphatic heterocycles. The molecule has 0 fully saturated rings. The second-order valence-electron chi connectivity index (χ2n) is 2.01.